The van der Waals surface area contributed by atoms with E-state index in [2.05, 4.69) is 155 Å². The van der Waals surface area contributed by atoms with Crippen LogP contribution in [0.5, 0.6) is 0 Å². The van der Waals surface area contributed by atoms with E-state index in [0.29, 0.717) is 0 Å². The first-order valence-corrected chi connectivity index (χ1v) is 16.2. The van der Waals surface area contributed by atoms with E-state index in [1.165, 1.54) is 27.6 Å². The van der Waals surface area contributed by atoms with Crippen molar-refractivity contribution >= 4 is 61.1 Å². The molecule has 5 aromatic carbocycles. The van der Waals surface area contributed by atoms with E-state index in [4.69, 9.17) is 9.97 Å². The predicted molar refractivity (Wildman–Crippen MR) is 194 cm³/mol. The van der Waals surface area contributed by atoms with Crippen molar-refractivity contribution in [2.75, 3.05) is 9.80 Å². The average molecular weight is 660 g/mol. The van der Waals surface area contributed by atoms with Gasteiger partial charge < -0.3 is 0 Å². The second-order valence-electron chi connectivity index (χ2n) is 12.1. The lowest BCUT2D eigenvalue weighted by Crippen LogP contribution is -2.17. The summed E-state index contributed by atoms with van der Waals surface area (Å²) in [5, 5.41) is 2.33. The van der Waals surface area contributed by atoms with Crippen LogP contribution in [0.15, 0.2) is 156 Å². The zero-order valence-corrected chi connectivity index (χ0v) is 27.2. The lowest BCUT2D eigenvalue weighted by atomic mass is 9.82. The van der Waals surface area contributed by atoms with Gasteiger partial charge in [-0.3, -0.25) is 9.80 Å². The predicted octanol–water partition coefficient (Wildman–Crippen LogP) is 11.6. The van der Waals surface area contributed by atoms with Crippen LogP contribution in [-0.2, 0) is 5.41 Å². The number of fused-ring (bicyclic) bond motifs is 4. The van der Waals surface area contributed by atoms with Crippen LogP contribution in [0.1, 0.15) is 25.0 Å². The fourth-order valence-corrected chi connectivity index (χ4v) is 7.30. The second-order valence-corrected chi connectivity index (χ2v) is 13.0. The van der Waals surface area contributed by atoms with Crippen LogP contribution >= 0.6 is 15.9 Å². The van der Waals surface area contributed by atoms with Crippen molar-refractivity contribution in [1.29, 1.82) is 0 Å². The molecule has 2 aromatic heterocycles. The first-order valence-electron chi connectivity index (χ1n) is 15.4. The molecule has 4 nitrogen and oxygen atoms in total. The number of pyridine rings is 2. The summed E-state index contributed by atoms with van der Waals surface area (Å²) in [6.07, 6.45) is 3.70. The van der Waals surface area contributed by atoms with E-state index in [9.17, 15) is 0 Å². The van der Waals surface area contributed by atoms with Gasteiger partial charge in [0, 0.05) is 33.4 Å². The molecule has 0 fully saturated rings. The Kier molecular flexibility index (Phi) is 6.92. The Hall–Kier alpha value is -5.26. The topological polar surface area (TPSA) is 32.3 Å². The normalized spacial score (nSPS) is 12.8. The highest BCUT2D eigenvalue weighted by Gasteiger charge is 2.35. The van der Waals surface area contributed by atoms with Crippen LogP contribution in [-0.4, -0.2) is 9.97 Å². The van der Waals surface area contributed by atoms with Crippen molar-refractivity contribution in [3.8, 4) is 11.1 Å². The maximum Gasteiger partial charge on any atom is 0.137 e. The molecule has 0 atom stereocenters. The molecule has 0 saturated carbocycles. The summed E-state index contributed by atoms with van der Waals surface area (Å²) < 4.78 is 0.955. The van der Waals surface area contributed by atoms with Crippen molar-refractivity contribution < 1.29 is 0 Å². The van der Waals surface area contributed by atoms with Gasteiger partial charge in [0.2, 0.25) is 0 Å². The molecule has 0 unspecified atom stereocenters. The third-order valence-corrected chi connectivity index (χ3v) is 9.43. The fourth-order valence-electron chi connectivity index (χ4n) is 6.83. The molecular weight excluding hydrogens is 628 g/mol. The standard InChI is InChI=1S/C41H31BrN4/c1-41(2)36-16-6-5-15-34(36)35-21-20-30(27-37(35)41)45(39-18-7-9-22-43-39)31-24-29(42)25-32(26-31)46(40-19-8-10-23-44-40)38-17-11-13-28-12-3-4-14-33(28)38/h3-27H,1-2H3. The monoisotopic (exact) mass is 658 g/mol. The van der Waals surface area contributed by atoms with Gasteiger partial charge in [-0.05, 0) is 88.3 Å². The van der Waals surface area contributed by atoms with E-state index in [1.54, 1.807) is 0 Å². The highest BCUT2D eigenvalue weighted by Crippen LogP contribution is 2.51. The number of anilines is 6. The minimum Gasteiger partial charge on any atom is -0.295 e. The van der Waals surface area contributed by atoms with Crippen LogP contribution in [0, 0.1) is 0 Å². The van der Waals surface area contributed by atoms with Crippen molar-refractivity contribution in [3.05, 3.63) is 168 Å². The lowest BCUT2D eigenvalue weighted by molar-refractivity contribution is 0.660. The number of rotatable bonds is 6. The molecule has 0 radical (unpaired) electrons. The van der Waals surface area contributed by atoms with Crippen molar-refractivity contribution in [1.82, 2.24) is 9.97 Å². The van der Waals surface area contributed by atoms with E-state index in [0.717, 1.165) is 44.2 Å². The average Bonchev–Trinajstić information content (AvgIpc) is 3.32. The van der Waals surface area contributed by atoms with Gasteiger partial charge in [-0.1, -0.05) is 109 Å². The Morgan fingerprint density at radius 3 is 1.91 bits per heavy atom. The van der Waals surface area contributed by atoms with Gasteiger partial charge in [-0.25, -0.2) is 9.97 Å². The van der Waals surface area contributed by atoms with Crippen LogP contribution in [0.25, 0.3) is 21.9 Å². The maximum absolute atomic E-state index is 4.85. The van der Waals surface area contributed by atoms with Crippen LogP contribution in [0.2, 0.25) is 0 Å². The van der Waals surface area contributed by atoms with Crippen molar-refractivity contribution in [2.24, 2.45) is 0 Å². The first kappa shape index (κ1) is 28.2. The third kappa shape index (κ3) is 4.75. The molecule has 0 saturated heterocycles. The van der Waals surface area contributed by atoms with E-state index < -0.39 is 0 Å². The number of nitrogens with zero attached hydrogens (tertiary/aromatic N) is 4. The number of aromatic nitrogens is 2. The minimum atomic E-state index is -0.121. The van der Waals surface area contributed by atoms with Crippen LogP contribution < -0.4 is 9.80 Å². The Bertz CT molecular complexity index is 2210. The minimum absolute atomic E-state index is 0.121. The summed E-state index contributed by atoms with van der Waals surface area (Å²) in [4.78, 5) is 14.1. The molecular formula is C41H31BrN4. The molecule has 8 rings (SSSR count). The van der Waals surface area contributed by atoms with Crippen molar-refractivity contribution in [3.63, 3.8) is 0 Å². The summed E-state index contributed by atoms with van der Waals surface area (Å²) >= 11 is 3.88. The van der Waals surface area contributed by atoms with Gasteiger partial charge in [0.1, 0.15) is 11.6 Å². The van der Waals surface area contributed by atoms with E-state index in [-0.39, 0.29) is 5.41 Å². The van der Waals surface area contributed by atoms with Gasteiger partial charge in [0.25, 0.3) is 0 Å². The zero-order valence-electron chi connectivity index (χ0n) is 25.6. The molecule has 0 spiro atoms. The molecule has 0 amide bonds. The number of halogens is 1. The number of benzene rings is 5. The maximum atomic E-state index is 4.85. The van der Waals surface area contributed by atoms with Crippen molar-refractivity contribution in [2.45, 2.75) is 19.3 Å². The molecule has 1 aliphatic rings. The van der Waals surface area contributed by atoms with Crippen LogP contribution in [0.4, 0.5) is 34.4 Å². The number of hydrogen-bond acceptors (Lipinski definition) is 4. The van der Waals surface area contributed by atoms with Gasteiger partial charge in [0.05, 0.1) is 17.1 Å². The highest BCUT2D eigenvalue weighted by atomic mass is 79.9. The Morgan fingerprint density at radius 1 is 0.522 bits per heavy atom. The SMILES string of the molecule is CC1(C)c2ccccc2-c2ccc(N(c3cc(Br)cc(N(c4ccccn4)c4cccc5ccccc45)c3)c3ccccn3)cc21. The van der Waals surface area contributed by atoms with E-state index >= 15 is 0 Å². The van der Waals surface area contributed by atoms with E-state index in [1.807, 2.05) is 36.7 Å². The largest absolute Gasteiger partial charge is 0.295 e. The van der Waals surface area contributed by atoms with Gasteiger partial charge in [-0.15, -0.1) is 0 Å². The smallest absolute Gasteiger partial charge is 0.137 e. The molecule has 2 heterocycles. The summed E-state index contributed by atoms with van der Waals surface area (Å²) in [5.41, 5.74) is 9.22. The molecule has 1 aliphatic carbocycles. The molecule has 7 aromatic rings. The Labute approximate surface area is 277 Å². The number of hydrogen-bond donors (Lipinski definition) is 0. The van der Waals surface area contributed by atoms with Crippen LogP contribution in [0.3, 0.4) is 0 Å². The van der Waals surface area contributed by atoms with Gasteiger partial charge in [-0.2, -0.15) is 0 Å². The fraction of sp³-hybridized carbons (Fsp3) is 0.0732. The summed E-state index contributed by atoms with van der Waals surface area (Å²) in [6.45, 7) is 4.64. The first-order chi connectivity index (χ1) is 22.5. The molecule has 0 aliphatic heterocycles. The summed E-state index contributed by atoms with van der Waals surface area (Å²) in [5.74, 6) is 1.68. The second kappa shape index (κ2) is 11.3. The quantitative estimate of drug-likeness (QED) is 0.178. The molecule has 0 bridgehead atoms. The molecule has 222 valence electrons. The molecule has 5 heteroatoms. The van der Waals surface area contributed by atoms with Gasteiger partial charge >= 0.3 is 0 Å². The van der Waals surface area contributed by atoms with Gasteiger partial charge in [0.15, 0.2) is 0 Å². The summed E-state index contributed by atoms with van der Waals surface area (Å²) in [7, 11) is 0. The summed E-state index contributed by atoms with van der Waals surface area (Å²) in [6, 6.07) is 49.1. The molecule has 46 heavy (non-hydrogen) atoms. The zero-order chi connectivity index (χ0) is 31.3. The molecule has 0 N–H and O–H groups in total. The highest BCUT2D eigenvalue weighted by molar-refractivity contribution is 9.10. The lowest BCUT2D eigenvalue weighted by Gasteiger charge is -2.30. The third-order valence-electron chi connectivity index (χ3n) is 8.97. The Balaban J connectivity index is 1.33. The Morgan fingerprint density at radius 2 is 1.15 bits per heavy atom.